The molecule has 0 radical (unpaired) electrons. The van der Waals surface area contributed by atoms with Gasteiger partial charge in [0, 0.05) is 17.3 Å². The number of benzene rings is 2. The van der Waals surface area contributed by atoms with Crippen molar-refractivity contribution in [1.29, 1.82) is 0 Å². The zero-order valence-corrected chi connectivity index (χ0v) is 19.3. The molecule has 0 aliphatic rings. The van der Waals surface area contributed by atoms with Crippen LogP contribution in [0.1, 0.15) is 24.5 Å². The van der Waals surface area contributed by atoms with Gasteiger partial charge in [-0.15, -0.1) is 0 Å². The maximum absolute atomic E-state index is 12.6. The second-order valence-corrected chi connectivity index (χ2v) is 9.91. The number of carbonyl (C=O) groups excluding carboxylic acids is 1. The summed E-state index contributed by atoms with van der Waals surface area (Å²) in [6.07, 6.45) is 0.923. The van der Waals surface area contributed by atoms with Crippen molar-refractivity contribution in [3.63, 3.8) is 0 Å². The normalized spacial score (nSPS) is 11.8. The van der Waals surface area contributed by atoms with Crippen molar-refractivity contribution in [3.8, 4) is 0 Å². The highest BCUT2D eigenvalue weighted by molar-refractivity contribution is 7.99. The lowest BCUT2D eigenvalue weighted by Gasteiger charge is -2.13. The lowest BCUT2D eigenvalue weighted by molar-refractivity contribution is -0.113. The number of amides is 1. The van der Waals surface area contributed by atoms with E-state index in [9.17, 15) is 13.2 Å². The first kappa shape index (κ1) is 22.6. The number of primary sulfonamides is 1. The average molecular weight is 467 g/mol. The van der Waals surface area contributed by atoms with Gasteiger partial charge in [-0.25, -0.2) is 18.5 Å². The van der Waals surface area contributed by atoms with Gasteiger partial charge in [-0.05, 0) is 61.7 Å². The zero-order chi connectivity index (χ0) is 22.1. The summed E-state index contributed by atoms with van der Waals surface area (Å²) in [6.45, 7) is 6.44. The maximum Gasteiger partial charge on any atom is 0.238 e. The third kappa shape index (κ3) is 4.97. The summed E-state index contributed by atoms with van der Waals surface area (Å²) in [4.78, 5) is 17.2. The molecule has 30 heavy (non-hydrogen) atoms. The number of rotatable bonds is 7. The number of fused-ring (bicyclic) bond motifs is 1. The van der Waals surface area contributed by atoms with Crippen LogP contribution in [-0.4, -0.2) is 29.6 Å². The number of carbonyl (C=O) groups is 1. The summed E-state index contributed by atoms with van der Waals surface area (Å²) in [5.41, 5.74) is 3.70. The fraction of sp³-hybridized carbons (Fsp3) is 0.300. The minimum Gasteiger partial charge on any atom is -0.325 e. The number of hydrogen-bond acceptors (Lipinski definition) is 5. The van der Waals surface area contributed by atoms with Crippen LogP contribution in [0, 0.1) is 13.8 Å². The molecule has 0 atom stereocenters. The van der Waals surface area contributed by atoms with Gasteiger partial charge in [0.05, 0.1) is 21.7 Å². The van der Waals surface area contributed by atoms with Crippen LogP contribution in [-0.2, 0) is 21.4 Å². The average Bonchev–Trinajstić information content (AvgIpc) is 2.99. The molecule has 0 aliphatic carbocycles. The van der Waals surface area contributed by atoms with Gasteiger partial charge in [0.15, 0.2) is 5.16 Å². The van der Waals surface area contributed by atoms with Crippen molar-refractivity contribution in [2.24, 2.45) is 5.14 Å². The summed E-state index contributed by atoms with van der Waals surface area (Å²) in [6, 6.07) is 8.43. The Morgan fingerprint density at radius 2 is 2.00 bits per heavy atom. The highest BCUT2D eigenvalue weighted by Gasteiger charge is 2.16. The van der Waals surface area contributed by atoms with Gasteiger partial charge in [-0.3, -0.25) is 4.79 Å². The fourth-order valence-corrected chi connectivity index (χ4v) is 4.70. The van der Waals surface area contributed by atoms with Gasteiger partial charge in [0.1, 0.15) is 0 Å². The van der Waals surface area contributed by atoms with Crippen LogP contribution in [0.2, 0.25) is 5.02 Å². The number of anilines is 1. The second kappa shape index (κ2) is 8.97. The molecule has 1 heterocycles. The minimum absolute atomic E-state index is 0.0322. The molecule has 2 aromatic carbocycles. The van der Waals surface area contributed by atoms with Crippen LogP contribution >= 0.6 is 23.4 Å². The van der Waals surface area contributed by atoms with Crippen LogP contribution in [0.3, 0.4) is 0 Å². The van der Waals surface area contributed by atoms with E-state index in [4.69, 9.17) is 16.7 Å². The topological polar surface area (TPSA) is 107 Å². The SMILES string of the molecule is CCCn1c(SCC(=O)Nc2cc(S(N)(=O)=O)cc(C)c2C)nc2cc(Cl)ccc21. The number of hydrogen-bond donors (Lipinski definition) is 2. The molecule has 3 rings (SSSR count). The lowest BCUT2D eigenvalue weighted by atomic mass is 10.1. The largest absolute Gasteiger partial charge is 0.325 e. The fourth-order valence-electron chi connectivity index (χ4n) is 3.07. The van der Waals surface area contributed by atoms with Crippen molar-refractivity contribution in [2.45, 2.75) is 43.8 Å². The molecular weight excluding hydrogens is 444 g/mol. The molecule has 0 saturated heterocycles. The van der Waals surface area contributed by atoms with Crippen LogP contribution in [0.5, 0.6) is 0 Å². The number of sulfonamides is 1. The highest BCUT2D eigenvalue weighted by Crippen LogP contribution is 2.28. The predicted octanol–water partition coefficient (Wildman–Crippen LogP) is 4.09. The molecule has 0 spiro atoms. The Hall–Kier alpha value is -2.07. The van der Waals surface area contributed by atoms with Crippen LogP contribution < -0.4 is 10.5 Å². The number of aryl methyl sites for hydroxylation is 2. The van der Waals surface area contributed by atoms with Crippen molar-refractivity contribution in [1.82, 2.24) is 9.55 Å². The number of halogens is 1. The molecule has 3 N–H and O–H groups in total. The van der Waals surface area contributed by atoms with E-state index in [2.05, 4.69) is 21.8 Å². The molecular formula is C20H23ClN4O3S2. The highest BCUT2D eigenvalue weighted by atomic mass is 35.5. The molecule has 10 heteroatoms. The van der Waals surface area contributed by atoms with E-state index in [1.54, 1.807) is 13.0 Å². The van der Waals surface area contributed by atoms with Gasteiger partial charge in [0.25, 0.3) is 0 Å². The van der Waals surface area contributed by atoms with Crippen molar-refractivity contribution >= 4 is 56.0 Å². The molecule has 0 fully saturated rings. The zero-order valence-electron chi connectivity index (χ0n) is 16.9. The van der Waals surface area contributed by atoms with Crippen molar-refractivity contribution in [3.05, 3.63) is 46.5 Å². The Bertz CT molecular complexity index is 1220. The Kier molecular flexibility index (Phi) is 6.76. The third-order valence-corrected chi connectivity index (χ3v) is 6.80. The smallest absolute Gasteiger partial charge is 0.238 e. The predicted molar refractivity (Wildman–Crippen MR) is 122 cm³/mol. The van der Waals surface area contributed by atoms with E-state index in [0.717, 1.165) is 40.3 Å². The summed E-state index contributed by atoms with van der Waals surface area (Å²) in [5.74, 6) is -0.138. The standard InChI is InChI=1S/C20H23ClN4O3S2/c1-4-7-25-18-6-5-14(21)9-17(18)24-20(25)29-11-19(26)23-16-10-15(30(22,27)28)8-12(2)13(16)3/h5-6,8-10H,4,7,11H2,1-3H3,(H,23,26)(H2,22,27,28). The number of thioether (sulfide) groups is 1. The van der Waals surface area contributed by atoms with Crippen molar-refractivity contribution < 1.29 is 13.2 Å². The van der Waals surface area contributed by atoms with E-state index in [0.29, 0.717) is 10.7 Å². The molecule has 0 saturated carbocycles. The Morgan fingerprint density at radius 1 is 1.27 bits per heavy atom. The summed E-state index contributed by atoms with van der Waals surface area (Å²) >= 11 is 7.40. The van der Waals surface area contributed by atoms with Crippen LogP contribution in [0.15, 0.2) is 40.4 Å². The first-order valence-corrected chi connectivity index (χ1v) is 12.2. The van der Waals surface area contributed by atoms with Gasteiger partial charge in [0.2, 0.25) is 15.9 Å². The molecule has 1 aromatic heterocycles. The monoisotopic (exact) mass is 466 g/mol. The number of nitrogens with zero attached hydrogens (tertiary/aromatic N) is 2. The quantitative estimate of drug-likeness (QED) is 0.510. The Morgan fingerprint density at radius 3 is 2.67 bits per heavy atom. The number of nitrogens with one attached hydrogen (secondary N) is 1. The van der Waals surface area contributed by atoms with Crippen molar-refractivity contribution in [2.75, 3.05) is 11.1 Å². The summed E-state index contributed by atoms with van der Waals surface area (Å²) < 4.78 is 25.5. The van der Waals surface area contributed by atoms with E-state index >= 15 is 0 Å². The molecule has 160 valence electrons. The molecule has 1 amide bonds. The molecule has 0 aliphatic heterocycles. The van der Waals surface area contributed by atoms with E-state index in [1.165, 1.54) is 23.9 Å². The number of nitrogens with two attached hydrogens (primary N) is 1. The number of aromatic nitrogens is 2. The van der Waals surface area contributed by atoms with E-state index < -0.39 is 10.0 Å². The van der Waals surface area contributed by atoms with Gasteiger partial charge in [-0.1, -0.05) is 30.3 Å². The minimum atomic E-state index is -3.87. The lowest BCUT2D eigenvalue weighted by Crippen LogP contribution is -2.18. The number of imidazole rings is 1. The first-order valence-electron chi connectivity index (χ1n) is 9.32. The molecule has 7 nitrogen and oxygen atoms in total. The van der Waals surface area contributed by atoms with Gasteiger partial charge < -0.3 is 9.88 Å². The third-order valence-electron chi connectivity index (χ3n) is 4.70. The summed E-state index contributed by atoms with van der Waals surface area (Å²) in [7, 11) is -3.87. The van der Waals surface area contributed by atoms with Crippen LogP contribution in [0.4, 0.5) is 5.69 Å². The Labute approximate surface area is 185 Å². The molecule has 0 unspecified atom stereocenters. The molecule has 3 aromatic rings. The maximum atomic E-state index is 12.6. The first-order chi connectivity index (χ1) is 14.1. The van der Waals surface area contributed by atoms with Gasteiger partial charge >= 0.3 is 0 Å². The Balaban J connectivity index is 1.80. The van der Waals surface area contributed by atoms with Gasteiger partial charge in [-0.2, -0.15) is 0 Å². The van der Waals surface area contributed by atoms with Crippen LogP contribution in [0.25, 0.3) is 11.0 Å². The van der Waals surface area contributed by atoms with E-state index in [-0.39, 0.29) is 16.6 Å². The van der Waals surface area contributed by atoms with E-state index in [1.807, 2.05) is 19.1 Å². The second-order valence-electron chi connectivity index (χ2n) is 6.97. The summed E-state index contributed by atoms with van der Waals surface area (Å²) in [5, 5.41) is 9.37. The molecule has 0 bridgehead atoms.